The fourth-order valence-corrected chi connectivity index (χ4v) is 4.35. The van der Waals surface area contributed by atoms with Crippen molar-refractivity contribution in [1.29, 1.82) is 0 Å². The van der Waals surface area contributed by atoms with Crippen molar-refractivity contribution in [3.8, 4) is 0 Å². The first kappa shape index (κ1) is 19.8. The molecule has 5 rings (SSSR count). The van der Waals surface area contributed by atoms with Crippen LogP contribution in [-0.2, 0) is 22.4 Å². The molecule has 0 radical (unpaired) electrons. The van der Waals surface area contributed by atoms with Crippen LogP contribution in [0.25, 0.3) is 10.9 Å². The molecule has 3 aromatic rings. The molecular formula is C23H27N5O3. The van der Waals surface area contributed by atoms with Crippen LogP contribution in [0.4, 0.5) is 0 Å². The molecule has 8 heteroatoms. The number of nitrogens with zero attached hydrogens (tertiary/aromatic N) is 3. The van der Waals surface area contributed by atoms with E-state index < -0.39 is 0 Å². The van der Waals surface area contributed by atoms with E-state index in [1.54, 1.807) is 0 Å². The zero-order chi connectivity index (χ0) is 21.2. The number of hydrogen-bond acceptors (Lipinski definition) is 5. The monoisotopic (exact) mass is 421 g/mol. The van der Waals surface area contributed by atoms with Crippen molar-refractivity contribution in [2.45, 2.75) is 51.0 Å². The number of aryl methyl sites for hydroxylation is 1. The molecule has 1 aromatic carbocycles. The molecule has 2 amide bonds. The number of nitrogens with one attached hydrogen (secondary N) is 2. The van der Waals surface area contributed by atoms with Crippen LogP contribution >= 0.6 is 0 Å². The third kappa shape index (κ3) is 4.33. The second-order valence-electron chi connectivity index (χ2n) is 8.47. The molecule has 2 aromatic heterocycles. The lowest BCUT2D eigenvalue weighted by molar-refractivity contribution is -0.133. The number of para-hydroxylation sites is 1. The number of H-pyrrole nitrogens is 1. The fraction of sp³-hybridized carbons (Fsp3) is 0.478. The van der Waals surface area contributed by atoms with E-state index in [0.29, 0.717) is 31.1 Å². The van der Waals surface area contributed by atoms with E-state index in [-0.39, 0.29) is 23.8 Å². The number of amides is 2. The summed E-state index contributed by atoms with van der Waals surface area (Å²) in [6.45, 7) is 1.35. The van der Waals surface area contributed by atoms with Crippen molar-refractivity contribution in [2.75, 3.05) is 13.1 Å². The Labute approximate surface area is 180 Å². The summed E-state index contributed by atoms with van der Waals surface area (Å²) in [6.07, 6.45) is 7.28. The van der Waals surface area contributed by atoms with Gasteiger partial charge in [-0.2, -0.15) is 4.98 Å². The SMILES string of the molecule is O=C(CCc1nc(C2CCCN2C(=O)C2CC2)no1)NCCc1c[nH]c2ccccc12. The van der Waals surface area contributed by atoms with Gasteiger partial charge in [-0.3, -0.25) is 9.59 Å². The van der Waals surface area contributed by atoms with Gasteiger partial charge in [-0.25, -0.2) is 0 Å². The number of rotatable bonds is 8. The Morgan fingerprint density at radius 3 is 2.94 bits per heavy atom. The molecule has 8 nitrogen and oxygen atoms in total. The van der Waals surface area contributed by atoms with Gasteiger partial charge in [0.05, 0.1) is 6.04 Å². The molecule has 1 saturated heterocycles. The van der Waals surface area contributed by atoms with Crippen molar-refractivity contribution in [2.24, 2.45) is 5.92 Å². The van der Waals surface area contributed by atoms with Gasteiger partial charge in [-0.15, -0.1) is 0 Å². The summed E-state index contributed by atoms with van der Waals surface area (Å²) in [4.78, 5) is 34.3. The first-order valence-electron chi connectivity index (χ1n) is 11.1. The Balaban J connectivity index is 1.09. The zero-order valence-electron chi connectivity index (χ0n) is 17.5. The molecule has 0 bridgehead atoms. The number of fused-ring (bicyclic) bond motifs is 1. The van der Waals surface area contributed by atoms with Crippen molar-refractivity contribution in [3.63, 3.8) is 0 Å². The van der Waals surface area contributed by atoms with E-state index in [1.807, 2.05) is 29.3 Å². The Bertz CT molecular complexity index is 1080. The highest BCUT2D eigenvalue weighted by Gasteiger charge is 2.40. The predicted molar refractivity (Wildman–Crippen MR) is 114 cm³/mol. The molecule has 2 N–H and O–H groups in total. The molecule has 162 valence electrons. The van der Waals surface area contributed by atoms with Gasteiger partial charge in [-0.1, -0.05) is 23.4 Å². The number of aromatic amines is 1. The minimum atomic E-state index is -0.0874. The smallest absolute Gasteiger partial charge is 0.227 e. The number of carbonyl (C=O) groups is 2. The lowest BCUT2D eigenvalue weighted by Crippen LogP contribution is -2.32. The van der Waals surface area contributed by atoms with Crippen LogP contribution < -0.4 is 5.32 Å². The fourth-order valence-electron chi connectivity index (χ4n) is 4.35. The summed E-state index contributed by atoms with van der Waals surface area (Å²) in [7, 11) is 0. The maximum Gasteiger partial charge on any atom is 0.227 e. The van der Waals surface area contributed by atoms with Gasteiger partial charge in [0.1, 0.15) is 0 Å². The normalized spacial score (nSPS) is 18.6. The van der Waals surface area contributed by atoms with E-state index >= 15 is 0 Å². The first-order chi connectivity index (χ1) is 15.2. The zero-order valence-corrected chi connectivity index (χ0v) is 17.5. The number of aromatic nitrogens is 3. The highest BCUT2D eigenvalue weighted by Crippen LogP contribution is 2.37. The standard InChI is InChI=1S/C23H27N5O3/c29-20(24-12-11-16-14-25-18-5-2-1-4-17(16)18)9-10-21-26-22(27-31-21)19-6-3-13-28(19)23(30)15-7-8-15/h1-2,4-5,14-15,19,25H,3,6-13H2,(H,24,29). The third-order valence-electron chi connectivity index (χ3n) is 6.20. The van der Waals surface area contributed by atoms with E-state index in [0.717, 1.165) is 44.2 Å². The highest BCUT2D eigenvalue weighted by atomic mass is 16.5. The Hall–Kier alpha value is -3.16. The quantitative estimate of drug-likeness (QED) is 0.582. The number of benzene rings is 1. The van der Waals surface area contributed by atoms with Crippen LogP contribution in [0.2, 0.25) is 0 Å². The highest BCUT2D eigenvalue weighted by molar-refractivity contribution is 5.83. The molecule has 1 aliphatic carbocycles. The average Bonchev–Trinajstić information content (AvgIpc) is 3.16. The van der Waals surface area contributed by atoms with Gasteiger partial charge in [0.25, 0.3) is 0 Å². The molecular weight excluding hydrogens is 394 g/mol. The molecule has 31 heavy (non-hydrogen) atoms. The van der Waals surface area contributed by atoms with Crippen LogP contribution in [0.1, 0.15) is 55.4 Å². The largest absolute Gasteiger partial charge is 0.361 e. The van der Waals surface area contributed by atoms with Gasteiger partial charge < -0.3 is 19.7 Å². The molecule has 1 aliphatic heterocycles. The van der Waals surface area contributed by atoms with Crippen LogP contribution in [0, 0.1) is 5.92 Å². The van der Waals surface area contributed by atoms with Gasteiger partial charge in [0.15, 0.2) is 5.82 Å². The molecule has 1 atom stereocenters. The minimum Gasteiger partial charge on any atom is -0.361 e. The van der Waals surface area contributed by atoms with Gasteiger partial charge in [-0.05, 0) is 43.7 Å². The van der Waals surface area contributed by atoms with E-state index in [1.165, 1.54) is 10.9 Å². The second-order valence-corrected chi connectivity index (χ2v) is 8.47. The molecule has 1 unspecified atom stereocenters. The minimum absolute atomic E-state index is 0.0361. The van der Waals surface area contributed by atoms with Crippen molar-refractivity contribution in [1.82, 2.24) is 25.3 Å². The molecule has 1 saturated carbocycles. The lowest BCUT2D eigenvalue weighted by Gasteiger charge is -2.21. The van der Waals surface area contributed by atoms with Gasteiger partial charge in [0.2, 0.25) is 17.7 Å². The van der Waals surface area contributed by atoms with E-state index in [9.17, 15) is 9.59 Å². The van der Waals surface area contributed by atoms with Gasteiger partial charge in [0, 0.05) is 48.9 Å². The third-order valence-corrected chi connectivity index (χ3v) is 6.20. The maximum absolute atomic E-state index is 12.5. The number of carbonyl (C=O) groups excluding carboxylic acids is 2. The Kier molecular flexibility index (Phi) is 5.44. The molecule has 0 spiro atoms. The Morgan fingerprint density at radius 2 is 2.06 bits per heavy atom. The van der Waals surface area contributed by atoms with E-state index in [4.69, 9.17) is 4.52 Å². The van der Waals surface area contributed by atoms with Crippen LogP contribution in [0.15, 0.2) is 35.0 Å². The number of likely N-dealkylation sites (tertiary alicyclic amines) is 1. The predicted octanol–water partition coefficient (Wildman–Crippen LogP) is 2.92. The van der Waals surface area contributed by atoms with Crippen LogP contribution in [0.5, 0.6) is 0 Å². The summed E-state index contributed by atoms with van der Waals surface area (Å²) in [5, 5.41) is 8.25. The molecule has 2 fully saturated rings. The molecule has 2 aliphatic rings. The maximum atomic E-state index is 12.5. The summed E-state index contributed by atoms with van der Waals surface area (Å²) in [5.41, 5.74) is 2.30. The summed E-state index contributed by atoms with van der Waals surface area (Å²) in [6, 6.07) is 8.06. The summed E-state index contributed by atoms with van der Waals surface area (Å²) >= 11 is 0. The van der Waals surface area contributed by atoms with Crippen LogP contribution in [-0.4, -0.2) is 44.9 Å². The Morgan fingerprint density at radius 1 is 1.19 bits per heavy atom. The summed E-state index contributed by atoms with van der Waals surface area (Å²) < 4.78 is 5.36. The van der Waals surface area contributed by atoms with E-state index in [2.05, 4.69) is 26.5 Å². The summed E-state index contributed by atoms with van der Waals surface area (Å²) in [5.74, 6) is 1.41. The average molecular weight is 422 g/mol. The topological polar surface area (TPSA) is 104 Å². The molecule has 3 heterocycles. The second kappa shape index (κ2) is 8.53. The first-order valence-corrected chi connectivity index (χ1v) is 11.1. The lowest BCUT2D eigenvalue weighted by atomic mass is 10.1. The van der Waals surface area contributed by atoms with Crippen molar-refractivity contribution >= 4 is 22.7 Å². The van der Waals surface area contributed by atoms with Gasteiger partial charge >= 0.3 is 0 Å². The van der Waals surface area contributed by atoms with Crippen LogP contribution in [0.3, 0.4) is 0 Å². The van der Waals surface area contributed by atoms with Crippen molar-refractivity contribution < 1.29 is 14.1 Å². The number of hydrogen-bond donors (Lipinski definition) is 2. The van der Waals surface area contributed by atoms with Crippen molar-refractivity contribution in [3.05, 3.63) is 47.7 Å².